The third kappa shape index (κ3) is 3.22. The number of rotatable bonds is 5. The molecule has 98 valence electrons. The third-order valence-corrected chi connectivity index (χ3v) is 3.23. The Hall–Kier alpha value is -1.58. The Balaban J connectivity index is 2.05. The zero-order chi connectivity index (χ0) is 13.1. The van der Waals surface area contributed by atoms with Gasteiger partial charge < -0.3 is 10.6 Å². The van der Waals surface area contributed by atoms with Gasteiger partial charge >= 0.3 is 0 Å². The van der Waals surface area contributed by atoms with E-state index >= 15 is 0 Å². The predicted octanol–water partition coefficient (Wildman–Crippen LogP) is 2.31. The molecule has 2 rings (SSSR count). The molecule has 0 aromatic carbocycles. The van der Waals surface area contributed by atoms with Gasteiger partial charge in [-0.05, 0) is 37.3 Å². The van der Waals surface area contributed by atoms with Gasteiger partial charge in [-0.15, -0.1) is 0 Å². The molecule has 1 aromatic rings. The summed E-state index contributed by atoms with van der Waals surface area (Å²) in [6.07, 6.45) is 4.88. The predicted molar refractivity (Wildman–Crippen MR) is 72.2 cm³/mol. The van der Waals surface area contributed by atoms with Crippen molar-refractivity contribution in [2.24, 2.45) is 5.92 Å². The van der Waals surface area contributed by atoms with Crippen molar-refractivity contribution in [1.82, 2.24) is 9.88 Å². The molecule has 0 unspecified atom stereocenters. The number of carbonyl (C=O) groups is 1. The number of pyridine rings is 1. The topological polar surface area (TPSA) is 59.2 Å². The highest BCUT2D eigenvalue weighted by Gasteiger charge is 2.32. The van der Waals surface area contributed by atoms with Crippen LogP contribution in [0.5, 0.6) is 0 Å². The summed E-state index contributed by atoms with van der Waals surface area (Å²) in [5.74, 6) is 1.15. The largest absolute Gasteiger partial charge is 0.384 e. The summed E-state index contributed by atoms with van der Waals surface area (Å²) >= 11 is 0. The van der Waals surface area contributed by atoms with E-state index in [0.29, 0.717) is 23.3 Å². The Morgan fingerprint density at radius 1 is 1.50 bits per heavy atom. The van der Waals surface area contributed by atoms with Crippen LogP contribution in [0.1, 0.15) is 43.5 Å². The third-order valence-electron chi connectivity index (χ3n) is 3.23. The first-order valence-electron chi connectivity index (χ1n) is 6.60. The molecule has 0 atom stereocenters. The van der Waals surface area contributed by atoms with Crippen molar-refractivity contribution < 1.29 is 4.79 Å². The van der Waals surface area contributed by atoms with Crippen molar-refractivity contribution in [1.29, 1.82) is 0 Å². The van der Waals surface area contributed by atoms with Gasteiger partial charge in [0.05, 0.1) is 5.56 Å². The Morgan fingerprint density at radius 3 is 2.72 bits per heavy atom. The zero-order valence-corrected chi connectivity index (χ0v) is 11.1. The highest BCUT2D eigenvalue weighted by molar-refractivity contribution is 5.94. The van der Waals surface area contributed by atoms with Gasteiger partial charge in [0, 0.05) is 18.8 Å². The maximum atomic E-state index is 12.4. The lowest BCUT2D eigenvalue weighted by Crippen LogP contribution is -2.34. The molecule has 4 heteroatoms. The van der Waals surface area contributed by atoms with E-state index in [1.54, 1.807) is 18.3 Å². The van der Waals surface area contributed by atoms with E-state index < -0.39 is 0 Å². The van der Waals surface area contributed by atoms with Crippen LogP contribution in [0.25, 0.3) is 0 Å². The van der Waals surface area contributed by atoms with Gasteiger partial charge in [0.1, 0.15) is 5.82 Å². The number of amides is 1. The van der Waals surface area contributed by atoms with Crippen LogP contribution in [0.4, 0.5) is 5.82 Å². The highest BCUT2D eigenvalue weighted by atomic mass is 16.2. The zero-order valence-electron chi connectivity index (χ0n) is 11.1. The summed E-state index contributed by atoms with van der Waals surface area (Å²) in [5.41, 5.74) is 6.18. The number of hydrogen-bond donors (Lipinski definition) is 1. The molecular weight excluding hydrogens is 226 g/mol. The normalized spacial score (nSPS) is 14.8. The van der Waals surface area contributed by atoms with Gasteiger partial charge in [-0.3, -0.25) is 4.79 Å². The summed E-state index contributed by atoms with van der Waals surface area (Å²) in [5, 5.41) is 0. The summed E-state index contributed by atoms with van der Waals surface area (Å²) < 4.78 is 0. The minimum Gasteiger partial charge on any atom is -0.384 e. The molecule has 1 aromatic heterocycles. The van der Waals surface area contributed by atoms with E-state index in [2.05, 4.69) is 18.8 Å². The van der Waals surface area contributed by atoms with Crippen LogP contribution in [-0.2, 0) is 0 Å². The highest BCUT2D eigenvalue weighted by Crippen LogP contribution is 2.28. The molecule has 0 saturated heterocycles. The van der Waals surface area contributed by atoms with Crippen LogP contribution in [0.3, 0.4) is 0 Å². The number of aromatic nitrogens is 1. The second kappa shape index (κ2) is 5.38. The minimum absolute atomic E-state index is 0.0886. The standard InChI is InChI=1S/C14H21N3O/c1-10(2)7-8-17(12-4-5-12)14(18)11-3-6-13(15)16-9-11/h3,6,9-10,12H,4-5,7-8H2,1-2H3,(H2,15,16). The quantitative estimate of drug-likeness (QED) is 0.868. The molecule has 0 radical (unpaired) electrons. The van der Waals surface area contributed by atoms with E-state index in [4.69, 9.17) is 5.73 Å². The minimum atomic E-state index is 0.0886. The molecule has 1 aliphatic rings. The molecule has 1 fully saturated rings. The molecule has 1 aliphatic carbocycles. The van der Waals surface area contributed by atoms with Crippen molar-refractivity contribution in [2.75, 3.05) is 12.3 Å². The Labute approximate surface area is 108 Å². The van der Waals surface area contributed by atoms with Crippen molar-refractivity contribution in [3.8, 4) is 0 Å². The van der Waals surface area contributed by atoms with E-state index in [1.807, 2.05) is 4.90 Å². The molecule has 2 N–H and O–H groups in total. The van der Waals surface area contributed by atoms with Gasteiger partial charge in [-0.25, -0.2) is 4.98 Å². The lowest BCUT2D eigenvalue weighted by atomic mass is 10.1. The monoisotopic (exact) mass is 247 g/mol. The fourth-order valence-corrected chi connectivity index (χ4v) is 1.93. The second-order valence-electron chi connectivity index (χ2n) is 5.38. The van der Waals surface area contributed by atoms with Crippen molar-refractivity contribution in [3.05, 3.63) is 23.9 Å². The first-order valence-corrected chi connectivity index (χ1v) is 6.60. The molecule has 0 spiro atoms. The van der Waals surface area contributed by atoms with Gasteiger partial charge in [-0.2, -0.15) is 0 Å². The number of nitrogens with zero attached hydrogens (tertiary/aromatic N) is 2. The fraction of sp³-hybridized carbons (Fsp3) is 0.571. The SMILES string of the molecule is CC(C)CCN(C(=O)c1ccc(N)nc1)C1CC1. The number of nitrogens with two attached hydrogens (primary N) is 1. The van der Waals surface area contributed by atoms with Crippen LogP contribution in [0.2, 0.25) is 0 Å². The number of anilines is 1. The van der Waals surface area contributed by atoms with Crippen LogP contribution < -0.4 is 5.73 Å². The first kappa shape index (κ1) is 12.9. The maximum absolute atomic E-state index is 12.4. The molecule has 18 heavy (non-hydrogen) atoms. The first-order chi connectivity index (χ1) is 8.58. The van der Waals surface area contributed by atoms with E-state index in [9.17, 15) is 4.79 Å². The van der Waals surface area contributed by atoms with Gasteiger partial charge in [0.2, 0.25) is 0 Å². The lowest BCUT2D eigenvalue weighted by molar-refractivity contribution is 0.0735. The Kier molecular flexibility index (Phi) is 3.84. The second-order valence-corrected chi connectivity index (χ2v) is 5.38. The van der Waals surface area contributed by atoms with Crippen LogP contribution in [0.15, 0.2) is 18.3 Å². The number of nitrogen functional groups attached to an aromatic ring is 1. The molecule has 4 nitrogen and oxygen atoms in total. The van der Waals surface area contributed by atoms with Crippen molar-refractivity contribution >= 4 is 11.7 Å². The molecule has 0 aliphatic heterocycles. The van der Waals surface area contributed by atoms with Crippen LogP contribution >= 0.6 is 0 Å². The molecule has 1 saturated carbocycles. The van der Waals surface area contributed by atoms with Gasteiger partial charge in [0.15, 0.2) is 0 Å². The van der Waals surface area contributed by atoms with Crippen LogP contribution in [-0.4, -0.2) is 28.4 Å². The number of carbonyl (C=O) groups excluding carboxylic acids is 1. The number of hydrogen-bond acceptors (Lipinski definition) is 3. The van der Waals surface area contributed by atoms with Gasteiger partial charge in [-0.1, -0.05) is 13.8 Å². The smallest absolute Gasteiger partial charge is 0.255 e. The fourth-order valence-electron chi connectivity index (χ4n) is 1.93. The van der Waals surface area contributed by atoms with E-state index in [0.717, 1.165) is 25.8 Å². The summed E-state index contributed by atoms with van der Waals surface area (Å²) in [6, 6.07) is 3.88. The van der Waals surface area contributed by atoms with Crippen molar-refractivity contribution in [2.45, 2.75) is 39.2 Å². The van der Waals surface area contributed by atoms with E-state index in [-0.39, 0.29) is 5.91 Å². The lowest BCUT2D eigenvalue weighted by Gasteiger charge is -2.23. The Bertz CT molecular complexity index is 410. The molecular formula is C14H21N3O. The molecule has 1 amide bonds. The summed E-state index contributed by atoms with van der Waals surface area (Å²) in [6.45, 7) is 5.20. The van der Waals surface area contributed by atoms with E-state index in [1.165, 1.54) is 0 Å². The Morgan fingerprint density at radius 2 is 2.22 bits per heavy atom. The maximum Gasteiger partial charge on any atom is 0.255 e. The average molecular weight is 247 g/mol. The molecule has 1 heterocycles. The van der Waals surface area contributed by atoms with Crippen LogP contribution in [0, 0.1) is 5.92 Å². The summed E-state index contributed by atoms with van der Waals surface area (Å²) in [7, 11) is 0. The van der Waals surface area contributed by atoms with Crippen molar-refractivity contribution in [3.63, 3.8) is 0 Å². The van der Waals surface area contributed by atoms with Gasteiger partial charge in [0.25, 0.3) is 5.91 Å². The molecule has 0 bridgehead atoms. The average Bonchev–Trinajstić information content (AvgIpc) is 3.14. The summed E-state index contributed by atoms with van der Waals surface area (Å²) in [4.78, 5) is 18.4.